The van der Waals surface area contributed by atoms with Gasteiger partial charge in [0.25, 0.3) is 0 Å². The molecule has 2 N–H and O–H groups in total. The van der Waals surface area contributed by atoms with Crippen molar-refractivity contribution in [2.45, 2.75) is 52.2 Å². The Hall–Kier alpha value is -2.65. The van der Waals surface area contributed by atoms with Crippen LogP contribution in [0, 0.1) is 5.92 Å². The number of nitrogens with one attached hydrogen (secondary N) is 1. The van der Waals surface area contributed by atoms with Gasteiger partial charge in [0.2, 0.25) is 0 Å². The van der Waals surface area contributed by atoms with Crippen molar-refractivity contribution in [3.8, 4) is 10.6 Å². The fourth-order valence-electron chi connectivity index (χ4n) is 3.33. The van der Waals surface area contributed by atoms with Crippen molar-refractivity contribution >= 4 is 29.2 Å². The SMILES string of the molecule is C[C@@H](O)c1csc(-c2ccccc2NC(=O)OCC2CCN(C(=O)OC(C)(C)C)CC2)n1. The topological polar surface area (TPSA) is 101 Å². The van der Waals surface area contributed by atoms with Gasteiger partial charge in [0.15, 0.2) is 0 Å². The van der Waals surface area contributed by atoms with Crippen LogP contribution >= 0.6 is 11.3 Å². The monoisotopic (exact) mass is 461 g/mol. The zero-order chi connectivity index (χ0) is 23.3. The van der Waals surface area contributed by atoms with Crippen molar-refractivity contribution in [3.05, 3.63) is 35.3 Å². The second kappa shape index (κ2) is 10.3. The summed E-state index contributed by atoms with van der Waals surface area (Å²) >= 11 is 1.41. The van der Waals surface area contributed by atoms with E-state index in [4.69, 9.17) is 9.47 Å². The van der Waals surface area contributed by atoms with Crippen molar-refractivity contribution in [2.75, 3.05) is 25.0 Å². The largest absolute Gasteiger partial charge is 0.449 e. The van der Waals surface area contributed by atoms with Gasteiger partial charge in [-0.3, -0.25) is 5.32 Å². The Morgan fingerprint density at radius 2 is 1.97 bits per heavy atom. The third kappa shape index (κ3) is 6.67. The lowest BCUT2D eigenvalue weighted by atomic mass is 9.98. The highest BCUT2D eigenvalue weighted by molar-refractivity contribution is 7.13. The number of piperidine rings is 1. The zero-order valence-corrected chi connectivity index (χ0v) is 19.8. The number of thiazole rings is 1. The second-order valence-corrected chi connectivity index (χ2v) is 9.79. The highest BCUT2D eigenvalue weighted by Crippen LogP contribution is 2.32. The Morgan fingerprint density at radius 3 is 2.59 bits per heavy atom. The number of anilines is 1. The minimum Gasteiger partial charge on any atom is -0.449 e. The molecular weight excluding hydrogens is 430 g/mol. The normalized spacial score (nSPS) is 15.8. The van der Waals surface area contributed by atoms with E-state index in [1.165, 1.54) is 11.3 Å². The van der Waals surface area contributed by atoms with Crippen molar-refractivity contribution in [2.24, 2.45) is 5.92 Å². The van der Waals surface area contributed by atoms with E-state index in [9.17, 15) is 14.7 Å². The molecule has 0 saturated carbocycles. The molecule has 0 bridgehead atoms. The summed E-state index contributed by atoms with van der Waals surface area (Å²) < 4.78 is 10.9. The molecule has 1 aromatic heterocycles. The van der Waals surface area contributed by atoms with Gasteiger partial charge in [-0.2, -0.15) is 0 Å². The number of para-hydroxylation sites is 1. The molecule has 2 heterocycles. The van der Waals surface area contributed by atoms with Crippen LogP contribution in [0.4, 0.5) is 15.3 Å². The average Bonchev–Trinajstić information content (AvgIpc) is 3.22. The van der Waals surface area contributed by atoms with E-state index in [-0.39, 0.29) is 12.0 Å². The molecule has 2 amide bonds. The molecule has 8 nitrogen and oxygen atoms in total. The smallest absolute Gasteiger partial charge is 0.411 e. The second-order valence-electron chi connectivity index (χ2n) is 8.93. The highest BCUT2D eigenvalue weighted by atomic mass is 32.1. The van der Waals surface area contributed by atoms with Crippen molar-refractivity contribution in [3.63, 3.8) is 0 Å². The van der Waals surface area contributed by atoms with Crippen molar-refractivity contribution in [1.82, 2.24) is 9.88 Å². The Labute approximate surface area is 192 Å². The van der Waals surface area contributed by atoms with Gasteiger partial charge in [-0.25, -0.2) is 14.6 Å². The molecule has 0 aliphatic carbocycles. The number of carbonyl (C=O) groups excluding carboxylic acids is 2. The lowest BCUT2D eigenvalue weighted by Gasteiger charge is -2.33. The first-order valence-electron chi connectivity index (χ1n) is 10.8. The third-order valence-electron chi connectivity index (χ3n) is 5.06. The summed E-state index contributed by atoms with van der Waals surface area (Å²) in [7, 11) is 0. The van der Waals surface area contributed by atoms with Crippen LogP contribution < -0.4 is 5.32 Å². The molecule has 0 spiro atoms. The summed E-state index contributed by atoms with van der Waals surface area (Å²) in [5, 5.41) is 15.0. The summed E-state index contributed by atoms with van der Waals surface area (Å²) in [5.74, 6) is 0.197. The molecule has 1 atom stereocenters. The maximum atomic E-state index is 12.4. The van der Waals surface area contributed by atoms with Crippen molar-refractivity contribution in [1.29, 1.82) is 0 Å². The predicted molar refractivity (Wildman–Crippen MR) is 124 cm³/mol. The predicted octanol–water partition coefficient (Wildman–Crippen LogP) is 5.06. The van der Waals surface area contributed by atoms with Crippen LogP contribution in [0.5, 0.6) is 0 Å². The molecule has 0 unspecified atom stereocenters. The van der Waals surface area contributed by atoms with E-state index >= 15 is 0 Å². The van der Waals surface area contributed by atoms with Crippen LogP contribution in [0.1, 0.15) is 52.3 Å². The Kier molecular flexibility index (Phi) is 7.73. The molecule has 1 aliphatic heterocycles. The number of hydrogen-bond acceptors (Lipinski definition) is 7. The number of rotatable bonds is 5. The molecule has 9 heteroatoms. The molecule has 1 aromatic carbocycles. The Bertz CT molecular complexity index is 930. The van der Waals surface area contributed by atoms with E-state index < -0.39 is 17.8 Å². The number of amides is 2. The van der Waals surface area contributed by atoms with E-state index in [2.05, 4.69) is 10.3 Å². The minimum absolute atomic E-state index is 0.197. The fraction of sp³-hybridized carbons (Fsp3) is 0.522. The standard InChI is InChI=1S/C23H31N3O5S/c1-15(27)19-14-32-20(24-19)17-7-5-6-8-18(17)25-21(28)30-13-16-9-11-26(12-10-16)22(29)31-23(2,3)4/h5-8,14-16,27H,9-13H2,1-4H3,(H,25,28)/t15-/m1/s1. The lowest BCUT2D eigenvalue weighted by molar-refractivity contribution is 0.0153. The van der Waals surface area contributed by atoms with E-state index in [1.807, 2.05) is 39.0 Å². The zero-order valence-electron chi connectivity index (χ0n) is 19.0. The van der Waals surface area contributed by atoms with E-state index in [0.29, 0.717) is 36.1 Å². The van der Waals surface area contributed by atoms with Gasteiger partial charge >= 0.3 is 12.2 Å². The summed E-state index contributed by atoms with van der Waals surface area (Å²) in [6, 6.07) is 7.36. The first-order chi connectivity index (χ1) is 15.1. The van der Waals surface area contributed by atoms with Crippen LogP contribution in [0.3, 0.4) is 0 Å². The Balaban J connectivity index is 1.50. The fourth-order valence-corrected chi connectivity index (χ4v) is 4.27. The number of nitrogens with zero attached hydrogens (tertiary/aromatic N) is 2. The third-order valence-corrected chi connectivity index (χ3v) is 5.95. The van der Waals surface area contributed by atoms with Gasteiger partial charge in [0.1, 0.15) is 10.6 Å². The number of aliphatic hydroxyl groups excluding tert-OH is 1. The molecule has 2 aromatic rings. The first kappa shape index (κ1) is 24.0. The number of hydrogen-bond donors (Lipinski definition) is 2. The van der Waals surface area contributed by atoms with Gasteiger partial charge in [0.05, 0.1) is 24.1 Å². The van der Waals surface area contributed by atoms with E-state index in [1.54, 1.807) is 23.3 Å². The van der Waals surface area contributed by atoms with Crippen LogP contribution in [-0.2, 0) is 9.47 Å². The van der Waals surface area contributed by atoms with Crippen molar-refractivity contribution < 1.29 is 24.2 Å². The molecule has 3 rings (SSSR count). The first-order valence-corrected chi connectivity index (χ1v) is 11.6. The molecule has 174 valence electrons. The number of benzene rings is 1. The molecule has 32 heavy (non-hydrogen) atoms. The quantitative estimate of drug-likeness (QED) is 0.645. The highest BCUT2D eigenvalue weighted by Gasteiger charge is 2.27. The van der Waals surface area contributed by atoms with Gasteiger partial charge in [-0.15, -0.1) is 11.3 Å². The molecular formula is C23H31N3O5S. The summed E-state index contributed by atoms with van der Waals surface area (Å²) in [4.78, 5) is 30.7. The number of aliphatic hydroxyl groups is 1. The average molecular weight is 462 g/mol. The van der Waals surface area contributed by atoms with Gasteiger partial charge < -0.3 is 19.5 Å². The summed E-state index contributed by atoms with van der Waals surface area (Å²) in [6.07, 6.45) is 0.0348. The van der Waals surface area contributed by atoms with Gasteiger partial charge in [0, 0.05) is 24.0 Å². The van der Waals surface area contributed by atoms with Crippen LogP contribution in [0.25, 0.3) is 10.6 Å². The molecule has 1 fully saturated rings. The van der Waals surface area contributed by atoms with E-state index in [0.717, 1.165) is 18.4 Å². The molecule has 1 aliphatic rings. The van der Waals surface area contributed by atoms with Gasteiger partial charge in [-0.05, 0) is 58.6 Å². The lowest BCUT2D eigenvalue weighted by Crippen LogP contribution is -2.42. The van der Waals surface area contributed by atoms with Gasteiger partial charge in [-0.1, -0.05) is 12.1 Å². The minimum atomic E-state index is -0.646. The number of carbonyl (C=O) groups is 2. The van der Waals surface area contributed by atoms with Crippen LogP contribution in [0.2, 0.25) is 0 Å². The van der Waals surface area contributed by atoms with Crippen LogP contribution in [0.15, 0.2) is 29.6 Å². The maximum absolute atomic E-state index is 12.4. The Morgan fingerprint density at radius 1 is 1.28 bits per heavy atom. The maximum Gasteiger partial charge on any atom is 0.411 e. The number of likely N-dealkylation sites (tertiary alicyclic amines) is 1. The summed E-state index contributed by atoms with van der Waals surface area (Å²) in [5.41, 5.74) is 1.46. The summed E-state index contributed by atoms with van der Waals surface area (Å²) in [6.45, 7) is 8.68. The van der Waals surface area contributed by atoms with Crippen LogP contribution in [-0.4, -0.2) is 52.5 Å². The molecule has 0 radical (unpaired) electrons. The number of ether oxygens (including phenoxy) is 2. The number of aromatic nitrogens is 1. The molecule has 1 saturated heterocycles.